The lowest BCUT2D eigenvalue weighted by molar-refractivity contribution is -0.385. The van der Waals surface area contributed by atoms with Crippen LogP contribution >= 0.6 is 11.6 Å². The van der Waals surface area contributed by atoms with Crippen molar-refractivity contribution in [2.75, 3.05) is 10.1 Å². The predicted octanol–water partition coefficient (Wildman–Crippen LogP) is 4.80. The van der Waals surface area contributed by atoms with Gasteiger partial charge >= 0.3 is 0 Å². The average Bonchev–Trinajstić information content (AvgIpc) is 2.69. The van der Waals surface area contributed by atoms with Crippen LogP contribution in [0, 0.1) is 17.0 Å². The molecule has 0 amide bonds. The minimum atomic E-state index is -4.15. The van der Waals surface area contributed by atoms with E-state index in [4.69, 9.17) is 11.6 Å². The van der Waals surface area contributed by atoms with Crippen molar-refractivity contribution in [2.45, 2.75) is 11.8 Å². The Labute approximate surface area is 178 Å². The minimum Gasteiger partial charge on any atom is -0.280 e. The molecule has 154 valence electrons. The molecular formula is C20H17ClN4O4S. The third-order valence-corrected chi connectivity index (χ3v) is 5.68. The van der Waals surface area contributed by atoms with Crippen LogP contribution in [0.1, 0.15) is 11.1 Å². The first-order chi connectivity index (χ1) is 14.2. The van der Waals surface area contributed by atoms with Crippen LogP contribution in [-0.2, 0) is 10.0 Å². The number of aryl methyl sites for hydroxylation is 1. The Bertz CT molecular complexity index is 1210. The highest BCUT2D eigenvalue weighted by molar-refractivity contribution is 7.92. The number of hydrazone groups is 1. The van der Waals surface area contributed by atoms with Gasteiger partial charge in [0.15, 0.2) is 0 Å². The summed E-state index contributed by atoms with van der Waals surface area (Å²) in [5.74, 6) is 0. The summed E-state index contributed by atoms with van der Waals surface area (Å²) in [6.45, 7) is 1.94. The Morgan fingerprint density at radius 1 is 1.07 bits per heavy atom. The lowest BCUT2D eigenvalue weighted by atomic mass is 10.2. The van der Waals surface area contributed by atoms with Crippen LogP contribution in [0.5, 0.6) is 0 Å². The van der Waals surface area contributed by atoms with Crippen molar-refractivity contribution in [2.24, 2.45) is 5.10 Å². The van der Waals surface area contributed by atoms with Crippen molar-refractivity contribution in [1.82, 2.24) is 0 Å². The van der Waals surface area contributed by atoms with E-state index in [0.29, 0.717) is 5.02 Å². The summed E-state index contributed by atoms with van der Waals surface area (Å²) in [5.41, 5.74) is 4.51. The van der Waals surface area contributed by atoms with Gasteiger partial charge in [-0.25, -0.2) is 8.42 Å². The summed E-state index contributed by atoms with van der Waals surface area (Å²) >= 11 is 5.82. The molecule has 3 aromatic rings. The molecule has 8 nitrogen and oxygen atoms in total. The van der Waals surface area contributed by atoms with Gasteiger partial charge in [0.2, 0.25) is 0 Å². The quantitative estimate of drug-likeness (QED) is 0.308. The van der Waals surface area contributed by atoms with Crippen molar-refractivity contribution in [1.29, 1.82) is 0 Å². The number of halogens is 1. The summed E-state index contributed by atoms with van der Waals surface area (Å²) < 4.78 is 28.2. The minimum absolute atomic E-state index is 0.0889. The molecule has 0 heterocycles. The SMILES string of the molecule is Cc1cccc(C=NNc2ccc([N+](=O)[O-])cc2S(=O)(=O)Nc2ccc(Cl)cc2)c1. The number of hydrogen-bond acceptors (Lipinski definition) is 6. The zero-order chi connectivity index (χ0) is 21.7. The number of rotatable bonds is 7. The Hall–Kier alpha value is -3.43. The molecule has 0 aliphatic rings. The molecule has 0 saturated heterocycles. The Morgan fingerprint density at radius 2 is 1.80 bits per heavy atom. The summed E-state index contributed by atoms with van der Waals surface area (Å²) in [7, 11) is -4.15. The first-order valence-corrected chi connectivity index (χ1v) is 10.5. The number of nitro benzene ring substituents is 1. The normalized spacial score (nSPS) is 11.4. The fraction of sp³-hybridized carbons (Fsp3) is 0.0500. The maximum Gasteiger partial charge on any atom is 0.270 e. The van der Waals surface area contributed by atoms with Gasteiger partial charge in [0.25, 0.3) is 15.7 Å². The van der Waals surface area contributed by atoms with Crippen LogP contribution in [-0.4, -0.2) is 19.6 Å². The van der Waals surface area contributed by atoms with E-state index < -0.39 is 14.9 Å². The summed E-state index contributed by atoms with van der Waals surface area (Å²) in [6, 6.07) is 17.0. The molecule has 0 spiro atoms. The van der Waals surface area contributed by atoms with Crippen molar-refractivity contribution in [3.8, 4) is 0 Å². The van der Waals surface area contributed by atoms with Crippen LogP contribution in [0.15, 0.2) is 76.7 Å². The molecule has 0 bridgehead atoms. The van der Waals surface area contributed by atoms with Gasteiger partial charge in [0.1, 0.15) is 4.90 Å². The highest BCUT2D eigenvalue weighted by Crippen LogP contribution is 2.28. The zero-order valence-electron chi connectivity index (χ0n) is 15.7. The van der Waals surface area contributed by atoms with E-state index in [1.165, 1.54) is 42.6 Å². The van der Waals surface area contributed by atoms with Gasteiger partial charge in [0, 0.05) is 22.8 Å². The second-order valence-electron chi connectivity index (χ2n) is 6.33. The first-order valence-electron chi connectivity index (χ1n) is 8.67. The fourth-order valence-electron chi connectivity index (χ4n) is 2.59. The van der Waals surface area contributed by atoms with Crippen molar-refractivity contribution in [3.63, 3.8) is 0 Å². The number of benzene rings is 3. The molecule has 3 aromatic carbocycles. The van der Waals surface area contributed by atoms with E-state index in [2.05, 4.69) is 15.2 Å². The molecule has 10 heteroatoms. The smallest absolute Gasteiger partial charge is 0.270 e. The van der Waals surface area contributed by atoms with Gasteiger partial charge in [-0.05, 0) is 42.8 Å². The monoisotopic (exact) mass is 444 g/mol. The topological polar surface area (TPSA) is 114 Å². The average molecular weight is 445 g/mol. The third-order valence-electron chi connectivity index (χ3n) is 4.00. The molecule has 2 N–H and O–H groups in total. The van der Waals surface area contributed by atoms with E-state index in [1.54, 1.807) is 0 Å². The van der Waals surface area contributed by atoms with E-state index in [9.17, 15) is 18.5 Å². The van der Waals surface area contributed by atoms with Crippen molar-refractivity contribution < 1.29 is 13.3 Å². The summed E-state index contributed by atoms with van der Waals surface area (Å²) in [4.78, 5) is 10.2. The van der Waals surface area contributed by atoms with Gasteiger partial charge in [-0.2, -0.15) is 5.10 Å². The lowest BCUT2D eigenvalue weighted by Crippen LogP contribution is -2.15. The summed E-state index contributed by atoms with van der Waals surface area (Å²) in [6.07, 6.45) is 1.53. The van der Waals surface area contributed by atoms with E-state index in [1.807, 2.05) is 31.2 Å². The number of nitro groups is 1. The molecule has 0 aromatic heterocycles. The predicted molar refractivity (Wildman–Crippen MR) is 118 cm³/mol. The molecule has 30 heavy (non-hydrogen) atoms. The van der Waals surface area contributed by atoms with Crippen LogP contribution in [0.25, 0.3) is 0 Å². The van der Waals surface area contributed by atoms with Gasteiger partial charge in [-0.1, -0.05) is 41.4 Å². The molecule has 0 unspecified atom stereocenters. The van der Waals surface area contributed by atoms with Crippen LogP contribution in [0.4, 0.5) is 17.1 Å². The third kappa shape index (κ3) is 5.34. The van der Waals surface area contributed by atoms with Gasteiger partial charge in [0.05, 0.1) is 16.8 Å². The maximum atomic E-state index is 12.9. The highest BCUT2D eigenvalue weighted by Gasteiger charge is 2.22. The van der Waals surface area contributed by atoms with E-state index in [0.717, 1.165) is 17.2 Å². The highest BCUT2D eigenvalue weighted by atomic mass is 35.5. The van der Waals surface area contributed by atoms with Gasteiger partial charge in [-0.3, -0.25) is 20.3 Å². The molecule has 0 atom stereocenters. The molecule has 0 saturated carbocycles. The number of sulfonamides is 1. The second kappa shape index (κ2) is 8.93. The van der Waals surface area contributed by atoms with Gasteiger partial charge < -0.3 is 0 Å². The molecule has 0 radical (unpaired) electrons. The Morgan fingerprint density at radius 3 is 2.47 bits per heavy atom. The Balaban J connectivity index is 1.93. The fourth-order valence-corrected chi connectivity index (χ4v) is 3.96. The van der Waals surface area contributed by atoms with Crippen molar-refractivity contribution in [3.05, 3.63) is 93.0 Å². The van der Waals surface area contributed by atoms with E-state index >= 15 is 0 Å². The maximum absolute atomic E-state index is 12.9. The molecular weight excluding hydrogens is 428 g/mol. The molecule has 0 fully saturated rings. The van der Waals surface area contributed by atoms with Crippen LogP contribution in [0.2, 0.25) is 5.02 Å². The van der Waals surface area contributed by atoms with Crippen LogP contribution in [0.3, 0.4) is 0 Å². The standard InChI is InChI=1S/C20H17ClN4O4S/c1-14-3-2-4-15(11-14)13-22-23-19-10-9-18(25(26)27)12-20(19)30(28,29)24-17-7-5-16(21)6-8-17/h2-13,23-24H,1H3. The van der Waals surface area contributed by atoms with Crippen molar-refractivity contribution >= 4 is 44.9 Å². The molecule has 3 rings (SSSR count). The number of nitrogens with zero attached hydrogens (tertiary/aromatic N) is 2. The largest absolute Gasteiger partial charge is 0.280 e. The number of anilines is 2. The number of hydrogen-bond donors (Lipinski definition) is 2. The Kier molecular flexibility index (Phi) is 6.34. The zero-order valence-corrected chi connectivity index (χ0v) is 17.3. The van der Waals surface area contributed by atoms with E-state index in [-0.39, 0.29) is 22.0 Å². The van der Waals surface area contributed by atoms with Gasteiger partial charge in [-0.15, -0.1) is 0 Å². The molecule has 0 aliphatic carbocycles. The number of nitrogens with one attached hydrogen (secondary N) is 2. The second-order valence-corrected chi connectivity index (χ2v) is 8.42. The molecule has 0 aliphatic heterocycles. The summed E-state index contributed by atoms with van der Waals surface area (Å²) in [5, 5.41) is 15.7. The number of non-ortho nitro benzene ring substituents is 1. The van der Waals surface area contributed by atoms with Crippen LogP contribution < -0.4 is 10.1 Å². The first kappa shape index (κ1) is 21.3. The lowest BCUT2D eigenvalue weighted by Gasteiger charge is -2.12.